The molecule has 21 heavy (non-hydrogen) atoms. The van der Waals surface area contributed by atoms with Crippen LogP contribution in [0.1, 0.15) is 32.4 Å². The molecule has 0 radical (unpaired) electrons. The first kappa shape index (κ1) is 18.0. The van der Waals surface area contributed by atoms with Gasteiger partial charge in [-0.15, -0.1) is 0 Å². The van der Waals surface area contributed by atoms with E-state index in [0.717, 1.165) is 25.4 Å². The number of hydrogen-bond acceptors (Lipinski definition) is 4. The molecule has 0 heterocycles. The number of aliphatic hydroxyl groups excluding tert-OH is 1. The van der Waals surface area contributed by atoms with Crippen molar-refractivity contribution in [3.63, 3.8) is 0 Å². The van der Waals surface area contributed by atoms with E-state index >= 15 is 0 Å². The van der Waals surface area contributed by atoms with Crippen molar-refractivity contribution < 1.29 is 9.84 Å². The van der Waals surface area contributed by atoms with Gasteiger partial charge in [0.25, 0.3) is 0 Å². The number of para-hydroxylation sites is 1. The Morgan fingerprint density at radius 3 is 2.38 bits per heavy atom. The molecule has 1 aromatic rings. The minimum atomic E-state index is 0.159. The van der Waals surface area contributed by atoms with Gasteiger partial charge in [-0.3, -0.25) is 4.90 Å². The molecule has 1 aromatic carbocycles. The van der Waals surface area contributed by atoms with Crippen molar-refractivity contribution in [1.29, 1.82) is 0 Å². The zero-order chi connectivity index (χ0) is 15.8. The molecule has 0 aliphatic rings. The number of methoxy groups -OCH3 is 1. The first-order valence-electron chi connectivity index (χ1n) is 7.76. The fraction of sp³-hybridized carbons (Fsp3) is 0.647. The normalized spacial score (nSPS) is 14.5. The third-order valence-corrected chi connectivity index (χ3v) is 4.32. The van der Waals surface area contributed by atoms with E-state index in [1.807, 2.05) is 18.2 Å². The lowest BCUT2D eigenvalue weighted by Crippen LogP contribution is -2.45. The Balaban J connectivity index is 2.88. The second-order valence-corrected chi connectivity index (χ2v) is 5.42. The summed E-state index contributed by atoms with van der Waals surface area (Å²) in [7, 11) is 3.77. The highest BCUT2D eigenvalue weighted by Gasteiger charge is 2.22. The molecule has 0 amide bonds. The first-order valence-corrected chi connectivity index (χ1v) is 7.76. The van der Waals surface area contributed by atoms with E-state index in [9.17, 15) is 5.11 Å². The van der Waals surface area contributed by atoms with Gasteiger partial charge < -0.3 is 14.7 Å². The van der Waals surface area contributed by atoms with Crippen LogP contribution in [0.4, 0.5) is 0 Å². The summed E-state index contributed by atoms with van der Waals surface area (Å²) < 4.78 is 5.47. The van der Waals surface area contributed by atoms with Crippen LogP contribution in [0, 0.1) is 0 Å². The van der Waals surface area contributed by atoms with Crippen molar-refractivity contribution in [2.45, 2.75) is 32.9 Å². The Morgan fingerprint density at radius 2 is 1.86 bits per heavy atom. The molecule has 0 aromatic heterocycles. The summed E-state index contributed by atoms with van der Waals surface area (Å²) in [6.45, 7) is 9.37. The molecule has 0 aliphatic carbocycles. The molecule has 4 nitrogen and oxygen atoms in total. The van der Waals surface area contributed by atoms with E-state index in [4.69, 9.17) is 4.74 Å². The zero-order valence-electron chi connectivity index (χ0n) is 14.0. The SMILES string of the molecule is CCN(C)[C@H](CO)CN(CC)[C@@H](C)c1ccccc1OC. The van der Waals surface area contributed by atoms with Crippen molar-refractivity contribution in [2.24, 2.45) is 0 Å². The number of hydrogen-bond donors (Lipinski definition) is 1. The maximum absolute atomic E-state index is 9.63. The molecule has 0 fully saturated rings. The van der Waals surface area contributed by atoms with Crippen LogP contribution >= 0.6 is 0 Å². The fourth-order valence-corrected chi connectivity index (χ4v) is 2.63. The molecule has 0 bridgehead atoms. The predicted molar refractivity (Wildman–Crippen MR) is 87.8 cm³/mol. The van der Waals surface area contributed by atoms with Gasteiger partial charge in [0.05, 0.1) is 13.7 Å². The average molecular weight is 294 g/mol. The fourth-order valence-electron chi connectivity index (χ4n) is 2.63. The highest BCUT2D eigenvalue weighted by molar-refractivity contribution is 5.35. The lowest BCUT2D eigenvalue weighted by Gasteiger charge is -2.35. The van der Waals surface area contributed by atoms with E-state index < -0.39 is 0 Å². The third kappa shape index (κ3) is 4.70. The summed E-state index contributed by atoms with van der Waals surface area (Å²) in [5.41, 5.74) is 1.19. The minimum absolute atomic E-state index is 0.159. The Hall–Kier alpha value is -1.10. The molecular formula is C17H30N2O2. The molecule has 1 N–H and O–H groups in total. The van der Waals surface area contributed by atoms with Crippen LogP contribution in [-0.2, 0) is 0 Å². The molecule has 0 spiro atoms. The second kappa shape index (κ2) is 9.03. The molecule has 1 rings (SSSR count). The van der Waals surface area contributed by atoms with Crippen LogP contribution < -0.4 is 4.74 Å². The van der Waals surface area contributed by atoms with Crippen LogP contribution in [0.15, 0.2) is 24.3 Å². The highest BCUT2D eigenvalue weighted by atomic mass is 16.5. The van der Waals surface area contributed by atoms with Gasteiger partial charge in [-0.2, -0.15) is 0 Å². The number of benzene rings is 1. The number of likely N-dealkylation sites (N-methyl/N-ethyl adjacent to an activating group) is 2. The van der Waals surface area contributed by atoms with Crippen LogP contribution in [0.3, 0.4) is 0 Å². The van der Waals surface area contributed by atoms with Crippen LogP contribution in [-0.4, -0.2) is 61.3 Å². The minimum Gasteiger partial charge on any atom is -0.496 e. The molecule has 0 saturated carbocycles. The van der Waals surface area contributed by atoms with Crippen molar-refractivity contribution in [3.05, 3.63) is 29.8 Å². The van der Waals surface area contributed by atoms with Gasteiger partial charge in [-0.25, -0.2) is 0 Å². The molecule has 4 heteroatoms. The largest absolute Gasteiger partial charge is 0.496 e. The van der Waals surface area contributed by atoms with Crippen molar-refractivity contribution >= 4 is 0 Å². The van der Waals surface area contributed by atoms with E-state index in [1.165, 1.54) is 5.56 Å². The molecule has 0 unspecified atom stereocenters. The summed E-state index contributed by atoms with van der Waals surface area (Å²) in [4.78, 5) is 4.57. The van der Waals surface area contributed by atoms with E-state index in [1.54, 1.807) is 7.11 Å². The predicted octanol–water partition coefficient (Wildman–Crippen LogP) is 2.39. The Labute approximate surface area is 129 Å². The summed E-state index contributed by atoms with van der Waals surface area (Å²) in [5.74, 6) is 0.924. The monoisotopic (exact) mass is 294 g/mol. The van der Waals surface area contributed by atoms with Crippen LogP contribution in [0.25, 0.3) is 0 Å². The molecule has 0 saturated heterocycles. The molecular weight excluding hydrogens is 264 g/mol. The van der Waals surface area contributed by atoms with E-state index in [0.29, 0.717) is 0 Å². The van der Waals surface area contributed by atoms with E-state index in [-0.39, 0.29) is 18.7 Å². The zero-order valence-corrected chi connectivity index (χ0v) is 14.0. The third-order valence-electron chi connectivity index (χ3n) is 4.32. The van der Waals surface area contributed by atoms with E-state index in [2.05, 4.69) is 43.7 Å². The summed E-state index contributed by atoms with van der Waals surface area (Å²) in [6.07, 6.45) is 0. The highest BCUT2D eigenvalue weighted by Crippen LogP contribution is 2.29. The number of rotatable bonds is 9. The summed E-state index contributed by atoms with van der Waals surface area (Å²) in [6, 6.07) is 8.57. The maximum atomic E-state index is 9.63. The molecule has 120 valence electrons. The Morgan fingerprint density at radius 1 is 1.19 bits per heavy atom. The Bertz CT molecular complexity index is 412. The topological polar surface area (TPSA) is 35.9 Å². The van der Waals surface area contributed by atoms with Gasteiger partial charge in [0.2, 0.25) is 0 Å². The van der Waals surface area contributed by atoms with Gasteiger partial charge in [-0.05, 0) is 33.1 Å². The van der Waals surface area contributed by atoms with Gasteiger partial charge >= 0.3 is 0 Å². The quantitative estimate of drug-likeness (QED) is 0.758. The van der Waals surface area contributed by atoms with Gasteiger partial charge in [0.1, 0.15) is 5.75 Å². The smallest absolute Gasteiger partial charge is 0.123 e. The van der Waals surface area contributed by atoms with Crippen LogP contribution in [0.5, 0.6) is 5.75 Å². The second-order valence-electron chi connectivity index (χ2n) is 5.42. The first-order chi connectivity index (χ1) is 10.1. The lowest BCUT2D eigenvalue weighted by molar-refractivity contribution is 0.0937. The maximum Gasteiger partial charge on any atom is 0.123 e. The number of ether oxygens (including phenoxy) is 1. The lowest BCUT2D eigenvalue weighted by atomic mass is 10.0. The van der Waals surface area contributed by atoms with Gasteiger partial charge in [0, 0.05) is 24.2 Å². The van der Waals surface area contributed by atoms with Gasteiger partial charge in [-0.1, -0.05) is 32.0 Å². The van der Waals surface area contributed by atoms with Crippen molar-refractivity contribution in [3.8, 4) is 5.75 Å². The number of aliphatic hydroxyl groups is 1. The molecule has 0 aliphatic heterocycles. The number of nitrogens with zero attached hydrogens (tertiary/aromatic N) is 2. The molecule has 2 atom stereocenters. The van der Waals surface area contributed by atoms with Gasteiger partial charge in [0.15, 0.2) is 0 Å². The standard InChI is InChI=1S/C17H30N2O2/c1-6-18(4)15(13-20)12-19(7-2)14(3)16-10-8-9-11-17(16)21-5/h8-11,14-15,20H,6-7,12-13H2,1-5H3/t14-,15-/m0/s1. The Kier molecular flexibility index (Phi) is 7.72. The summed E-state index contributed by atoms with van der Waals surface area (Å²) in [5, 5.41) is 9.63. The summed E-state index contributed by atoms with van der Waals surface area (Å²) >= 11 is 0. The van der Waals surface area contributed by atoms with Crippen molar-refractivity contribution in [2.75, 3.05) is 40.4 Å². The average Bonchev–Trinajstić information content (AvgIpc) is 2.54. The van der Waals surface area contributed by atoms with Crippen LogP contribution in [0.2, 0.25) is 0 Å². The van der Waals surface area contributed by atoms with Crippen molar-refractivity contribution in [1.82, 2.24) is 9.80 Å².